The van der Waals surface area contributed by atoms with Crippen LogP contribution in [0.3, 0.4) is 0 Å². The lowest BCUT2D eigenvalue weighted by Crippen LogP contribution is -2.10. The number of rotatable bonds is 4. The molecule has 0 radical (unpaired) electrons. The van der Waals surface area contributed by atoms with Gasteiger partial charge in [-0.05, 0) is 18.2 Å². The topological polar surface area (TPSA) is 94.9 Å². The minimum atomic E-state index is -0.568. The van der Waals surface area contributed by atoms with E-state index in [-0.39, 0.29) is 18.1 Å². The van der Waals surface area contributed by atoms with Crippen LogP contribution in [0.25, 0.3) is 32.7 Å². The molecule has 2 aromatic carbocycles. The number of thiazole rings is 1. The van der Waals surface area contributed by atoms with Gasteiger partial charge < -0.3 is 11.5 Å². The second-order valence-corrected chi connectivity index (χ2v) is 6.84. The summed E-state index contributed by atoms with van der Waals surface area (Å²) < 4.78 is 14.1. The number of nitrogens with two attached hydrogens (primary N) is 2. The van der Waals surface area contributed by atoms with Crippen molar-refractivity contribution in [2.45, 2.75) is 6.54 Å². The summed E-state index contributed by atoms with van der Waals surface area (Å²) in [4.78, 5) is 20.4. The number of hydrogen-bond acceptors (Lipinski definition) is 5. The highest BCUT2D eigenvalue weighted by Gasteiger charge is 2.13. The molecule has 1 amide bonds. The third kappa shape index (κ3) is 3.18. The molecular weight excluding hydrogens is 363 g/mol. The SMILES string of the molecule is NCc1ccc(-c2ccc3cccc(-c4nc(C(N)=O)cs4)c3n2)cc1F. The number of para-hydroxylation sites is 1. The molecule has 0 aliphatic rings. The number of carbonyl (C=O) groups excluding carboxylic acids is 1. The first-order chi connectivity index (χ1) is 13.1. The molecule has 0 unspecified atom stereocenters. The van der Waals surface area contributed by atoms with Crippen LogP contribution in [0, 0.1) is 5.82 Å². The molecule has 27 heavy (non-hydrogen) atoms. The van der Waals surface area contributed by atoms with E-state index in [1.54, 1.807) is 17.5 Å². The van der Waals surface area contributed by atoms with Crippen molar-refractivity contribution in [2.75, 3.05) is 0 Å². The van der Waals surface area contributed by atoms with Crippen LogP contribution in [0.5, 0.6) is 0 Å². The number of hydrogen-bond donors (Lipinski definition) is 2. The van der Waals surface area contributed by atoms with Crippen LogP contribution >= 0.6 is 11.3 Å². The summed E-state index contributed by atoms with van der Waals surface area (Å²) >= 11 is 1.33. The molecule has 4 aromatic rings. The van der Waals surface area contributed by atoms with Crippen LogP contribution in [-0.4, -0.2) is 15.9 Å². The standard InChI is InChI=1S/C20H15FN4OS/c21-15-8-12(4-5-13(15)9-22)16-7-6-11-2-1-3-14(18(11)24-16)20-25-17(10-27-20)19(23)26/h1-8,10H,9,22H2,(H2,23,26). The Morgan fingerprint density at radius 3 is 2.67 bits per heavy atom. The number of amides is 1. The second-order valence-electron chi connectivity index (χ2n) is 5.99. The van der Waals surface area contributed by atoms with Gasteiger partial charge in [0.05, 0.1) is 11.2 Å². The van der Waals surface area contributed by atoms with Crippen LogP contribution in [0.2, 0.25) is 0 Å². The van der Waals surface area contributed by atoms with E-state index in [1.807, 2.05) is 30.3 Å². The molecule has 0 spiro atoms. The van der Waals surface area contributed by atoms with Gasteiger partial charge in [0.2, 0.25) is 0 Å². The molecule has 0 aliphatic heterocycles. The summed E-state index contributed by atoms with van der Waals surface area (Å²) in [5, 5.41) is 3.20. The summed E-state index contributed by atoms with van der Waals surface area (Å²) in [6, 6.07) is 14.4. The second kappa shape index (κ2) is 6.86. The molecule has 0 aliphatic carbocycles. The van der Waals surface area contributed by atoms with E-state index in [0.717, 1.165) is 16.5 Å². The van der Waals surface area contributed by atoms with Crippen molar-refractivity contribution in [3.8, 4) is 21.8 Å². The zero-order chi connectivity index (χ0) is 19.0. The van der Waals surface area contributed by atoms with E-state index in [4.69, 9.17) is 16.5 Å². The molecule has 2 heterocycles. The van der Waals surface area contributed by atoms with Crippen molar-refractivity contribution >= 4 is 28.1 Å². The summed E-state index contributed by atoms with van der Waals surface area (Å²) in [6.07, 6.45) is 0. The van der Waals surface area contributed by atoms with Gasteiger partial charge in [-0.3, -0.25) is 4.79 Å². The van der Waals surface area contributed by atoms with Gasteiger partial charge in [-0.1, -0.05) is 30.3 Å². The summed E-state index contributed by atoms with van der Waals surface area (Å²) in [5.74, 6) is -0.918. The van der Waals surface area contributed by atoms with Gasteiger partial charge in [-0.2, -0.15) is 0 Å². The average Bonchev–Trinajstić information content (AvgIpc) is 3.17. The molecule has 4 N–H and O–H groups in total. The Morgan fingerprint density at radius 1 is 1.11 bits per heavy atom. The van der Waals surface area contributed by atoms with Gasteiger partial charge in [-0.15, -0.1) is 11.3 Å². The van der Waals surface area contributed by atoms with Crippen molar-refractivity contribution < 1.29 is 9.18 Å². The van der Waals surface area contributed by atoms with Crippen molar-refractivity contribution in [1.29, 1.82) is 0 Å². The Balaban J connectivity index is 1.86. The van der Waals surface area contributed by atoms with Crippen LogP contribution < -0.4 is 11.5 Å². The predicted molar refractivity (Wildman–Crippen MR) is 105 cm³/mol. The minimum absolute atomic E-state index is 0.146. The van der Waals surface area contributed by atoms with Crippen LogP contribution in [-0.2, 0) is 6.54 Å². The summed E-state index contributed by atoms with van der Waals surface area (Å²) in [7, 11) is 0. The summed E-state index contributed by atoms with van der Waals surface area (Å²) in [5.41, 5.74) is 14.3. The van der Waals surface area contributed by atoms with Crippen LogP contribution in [0.1, 0.15) is 16.1 Å². The Morgan fingerprint density at radius 2 is 1.96 bits per heavy atom. The lowest BCUT2D eigenvalue weighted by molar-refractivity contribution is 0.0996. The first-order valence-corrected chi connectivity index (χ1v) is 9.09. The zero-order valence-corrected chi connectivity index (χ0v) is 15.0. The van der Waals surface area contributed by atoms with Gasteiger partial charge in [-0.25, -0.2) is 14.4 Å². The molecule has 0 bridgehead atoms. The fraction of sp³-hybridized carbons (Fsp3) is 0.0500. The van der Waals surface area contributed by atoms with Crippen molar-refractivity contribution in [3.63, 3.8) is 0 Å². The molecule has 7 heteroatoms. The smallest absolute Gasteiger partial charge is 0.268 e. The van der Waals surface area contributed by atoms with E-state index in [9.17, 15) is 9.18 Å². The highest BCUT2D eigenvalue weighted by molar-refractivity contribution is 7.13. The van der Waals surface area contributed by atoms with Crippen molar-refractivity contribution in [3.05, 3.63) is 71.0 Å². The molecule has 5 nitrogen and oxygen atoms in total. The maximum atomic E-state index is 14.1. The van der Waals surface area contributed by atoms with E-state index >= 15 is 0 Å². The maximum absolute atomic E-state index is 14.1. The number of benzene rings is 2. The Labute approximate surface area is 158 Å². The Bertz CT molecular complexity index is 1170. The van der Waals surface area contributed by atoms with E-state index in [0.29, 0.717) is 21.8 Å². The number of pyridine rings is 1. The highest BCUT2D eigenvalue weighted by atomic mass is 32.1. The fourth-order valence-electron chi connectivity index (χ4n) is 2.86. The minimum Gasteiger partial charge on any atom is -0.364 e. The number of nitrogens with zero attached hydrogens (tertiary/aromatic N) is 2. The Kier molecular flexibility index (Phi) is 4.39. The monoisotopic (exact) mass is 378 g/mol. The first-order valence-electron chi connectivity index (χ1n) is 8.21. The predicted octanol–water partition coefficient (Wildman–Crippen LogP) is 3.72. The third-order valence-electron chi connectivity index (χ3n) is 4.28. The molecule has 0 atom stereocenters. The number of fused-ring (bicyclic) bond motifs is 1. The van der Waals surface area contributed by atoms with Crippen LogP contribution in [0.4, 0.5) is 4.39 Å². The number of carbonyl (C=O) groups is 1. The van der Waals surface area contributed by atoms with Crippen molar-refractivity contribution in [1.82, 2.24) is 9.97 Å². The van der Waals surface area contributed by atoms with E-state index < -0.39 is 5.91 Å². The molecule has 2 aromatic heterocycles. The molecule has 4 rings (SSSR count). The van der Waals surface area contributed by atoms with Gasteiger partial charge >= 0.3 is 0 Å². The van der Waals surface area contributed by atoms with E-state index in [2.05, 4.69) is 4.98 Å². The van der Waals surface area contributed by atoms with Gasteiger partial charge in [0.15, 0.2) is 0 Å². The lowest BCUT2D eigenvalue weighted by atomic mass is 10.0. The zero-order valence-electron chi connectivity index (χ0n) is 14.1. The molecule has 0 saturated heterocycles. The number of halogens is 1. The largest absolute Gasteiger partial charge is 0.364 e. The van der Waals surface area contributed by atoms with Gasteiger partial charge in [0.25, 0.3) is 5.91 Å². The van der Waals surface area contributed by atoms with Gasteiger partial charge in [0.1, 0.15) is 16.5 Å². The lowest BCUT2D eigenvalue weighted by Gasteiger charge is -2.08. The quantitative estimate of drug-likeness (QED) is 0.566. The number of aromatic nitrogens is 2. The Hall–Kier alpha value is -3.16. The normalized spacial score (nSPS) is 11.0. The summed E-state index contributed by atoms with van der Waals surface area (Å²) in [6.45, 7) is 0.146. The van der Waals surface area contributed by atoms with E-state index in [1.165, 1.54) is 17.4 Å². The highest BCUT2D eigenvalue weighted by Crippen LogP contribution is 2.32. The molecule has 0 fully saturated rings. The molecule has 134 valence electrons. The first kappa shape index (κ1) is 17.3. The fourth-order valence-corrected chi connectivity index (χ4v) is 3.70. The average molecular weight is 378 g/mol. The van der Waals surface area contributed by atoms with Gasteiger partial charge in [0, 0.05) is 34.0 Å². The molecular formula is C20H15FN4OS. The maximum Gasteiger partial charge on any atom is 0.268 e. The third-order valence-corrected chi connectivity index (χ3v) is 5.15. The van der Waals surface area contributed by atoms with Crippen LogP contribution in [0.15, 0.2) is 53.9 Å². The molecule has 0 saturated carbocycles. The number of primary amides is 1. The van der Waals surface area contributed by atoms with Crippen molar-refractivity contribution in [2.24, 2.45) is 11.5 Å².